The van der Waals surface area contributed by atoms with E-state index < -0.39 is 40.9 Å². The normalized spacial score (nSPS) is 15.3. The molecule has 1 atom stereocenters. The maximum Gasteiger partial charge on any atom is 0.416 e. The summed E-state index contributed by atoms with van der Waals surface area (Å²) in [7, 11) is 0. The number of benzene rings is 2. The predicted octanol–water partition coefficient (Wildman–Crippen LogP) is 4.30. The number of nitrogens with zero attached hydrogens (tertiary/aromatic N) is 4. The van der Waals surface area contributed by atoms with Crippen molar-refractivity contribution in [2.45, 2.75) is 12.3 Å². The molecule has 0 radical (unpaired) electrons. The average molecular weight is 517 g/mol. The second-order valence-corrected chi connectivity index (χ2v) is 8.60. The van der Waals surface area contributed by atoms with Crippen molar-refractivity contribution >= 4 is 22.8 Å². The van der Waals surface area contributed by atoms with Gasteiger partial charge in [-0.3, -0.25) is 4.79 Å². The molecule has 1 fully saturated rings. The number of carbonyl (C=O) groups is 1. The number of hydrogen-bond donors (Lipinski definition) is 2. The molecule has 1 unspecified atom stereocenters. The third-order valence-electron chi connectivity index (χ3n) is 6.23. The van der Waals surface area contributed by atoms with Gasteiger partial charge in [0.05, 0.1) is 16.6 Å². The van der Waals surface area contributed by atoms with Gasteiger partial charge in [-0.15, -0.1) is 0 Å². The molecular formula is C25H20F5N5O2. The Labute approximate surface area is 207 Å². The van der Waals surface area contributed by atoms with Crippen LogP contribution in [0.1, 0.15) is 17.2 Å². The first kappa shape index (κ1) is 24.6. The number of nitrogens with one attached hydrogen (secondary N) is 1. The van der Waals surface area contributed by atoms with Crippen molar-refractivity contribution in [3.05, 3.63) is 77.5 Å². The monoisotopic (exact) mass is 517 g/mol. The number of aliphatic hydroxyl groups is 1. The first-order valence-electron chi connectivity index (χ1n) is 11.3. The smallest absolute Gasteiger partial charge is 0.378 e. The topological polar surface area (TPSA) is 85.4 Å². The van der Waals surface area contributed by atoms with Gasteiger partial charge < -0.3 is 19.9 Å². The summed E-state index contributed by atoms with van der Waals surface area (Å²) in [5.74, 6) is -1.34. The van der Waals surface area contributed by atoms with Gasteiger partial charge in [0.1, 0.15) is 23.3 Å². The lowest BCUT2D eigenvalue weighted by Crippen LogP contribution is -2.50. The number of aliphatic hydroxyl groups excluding tert-OH is 1. The fourth-order valence-electron chi connectivity index (χ4n) is 4.22. The first-order valence-corrected chi connectivity index (χ1v) is 11.3. The highest BCUT2D eigenvalue weighted by molar-refractivity contribution is 5.82. The minimum Gasteiger partial charge on any atom is -0.378 e. The molecule has 7 nitrogen and oxygen atoms in total. The number of aromatic nitrogens is 3. The van der Waals surface area contributed by atoms with Crippen LogP contribution in [0.5, 0.6) is 0 Å². The summed E-state index contributed by atoms with van der Waals surface area (Å²) >= 11 is 0. The Morgan fingerprint density at radius 1 is 1.00 bits per heavy atom. The van der Waals surface area contributed by atoms with Crippen molar-refractivity contribution in [1.29, 1.82) is 0 Å². The van der Waals surface area contributed by atoms with Crippen molar-refractivity contribution in [1.82, 2.24) is 19.9 Å². The van der Waals surface area contributed by atoms with E-state index >= 15 is 0 Å². The number of halogens is 5. The molecule has 1 aliphatic rings. The van der Waals surface area contributed by atoms with Gasteiger partial charge in [0.15, 0.2) is 6.10 Å². The number of H-pyrrole nitrogens is 1. The molecule has 192 valence electrons. The van der Waals surface area contributed by atoms with Gasteiger partial charge in [-0.25, -0.2) is 18.7 Å². The standard InChI is InChI=1S/C25H20F5N5O2/c26-16-3-4-18(27)17(12-16)22(36)24(37)35-9-7-34(8-10-35)21-6-1-14(13-31-21)23-32-19-5-2-15(25(28,29)30)11-20(19)33-23/h1-6,11-13,22,36H,7-10H2,(H,32,33). The average Bonchev–Trinajstić information content (AvgIpc) is 3.32. The molecule has 4 aromatic rings. The fourth-order valence-corrected chi connectivity index (χ4v) is 4.22. The maximum absolute atomic E-state index is 13.9. The van der Waals surface area contributed by atoms with Crippen molar-refractivity contribution in [3.63, 3.8) is 0 Å². The Bertz CT molecular complexity index is 1450. The van der Waals surface area contributed by atoms with E-state index in [9.17, 15) is 31.9 Å². The zero-order valence-corrected chi connectivity index (χ0v) is 19.1. The van der Waals surface area contributed by atoms with Gasteiger partial charge in [-0.2, -0.15) is 13.2 Å². The molecule has 1 saturated heterocycles. The Kier molecular flexibility index (Phi) is 6.28. The first-order chi connectivity index (χ1) is 17.6. The molecular weight excluding hydrogens is 497 g/mol. The van der Waals surface area contributed by atoms with Crippen LogP contribution in [0.25, 0.3) is 22.4 Å². The quantitative estimate of drug-likeness (QED) is 0.395. The summed E-state index contributed by atoms with van der Waals surface area (Å²) in [6.45, 7) is 1.26. The van der Waals surface area contributed by atoms with E-state index in [1.165, 1.54) is 11.0 Å². The van der Waals surface area contributed by atoms with Crippen LogP contribution in [-0.4, -0.2) is 57.0 Å². The lowest BCUT2D eigenvalue weighted by molar-refractivity contribution is -0.141. The van der Waals surface area contributed by atoms with Crippen LogP contribution < -0.4 is 4.90 Å². The second kappa shape index (κ2) is 9.43. The molecule has 0 spiro atoms. The van der Waals surface area contributed by atoms with E-state index in [1.54, 1.807) is 18.3 Å². The van der Waals surface area contributed by atoms with Crippen LogP contribution in [0.4, 0.5) is 27.8 Å². The highest BCUT2D eigenvalue weighted by Gasteiger charge is 2.31. The maximum atomic E-state index is 13.9. The highest BCUT2D eigenvalue weighted by atomic mass is 19.4. The van der Waals surface area contributed by atoms with Gasteiger partial charge in [-0.1, -0.05) is 0 Å². The number of piperazine rings is 1. The Morgan fingerprint density at radius 2 is 1.76 bits per heavy atom. The second-order valence-electron chi connectivity index (χ2n) is 8.60. The van der Waals surface area contributed by atoms with Gasteiger partial charge in [0, 0.05) is 43.5 Å². The number of rotatable bonds is 4. The molecule has 3 heterocycles. The summed E-state index contributed by atoms with van der Waals surface area (Å²) < 4.78 is 66.3. The molecule has 12 heteroatoms. The molecule has 1 aliphatic heterocycles. The van der Waals surface area contributed by atoms with Crippen LogP contribution >= 0.6 is 0 Å². The predicted molar refractivity (Wildman–Crippen MR) is 124 cm³/mol. The van der Waals surface area contributed by atoms with Gasteiger partial charge >= 0.3 is 6.18 Å². The van der Waals surface area contributed by atoms with Crippen molar-refractivity contribution < 1.29 is 31.9 Å². The molecule has 0 saturated carbocycles. The number of pyridine rings is 1. The zero-order valence-electron chi connectivity index (χ0n) is 19.1. The largest absolute Gasteiger partial charge is 0.416 e. The lowest BCUT2D eigenvalue weighted by atomic mass is 10.1. The summed E-state index contributed by atoms with van der Waals surface area (Å²) in [5.41, 5.74) is 0.0607. The van der Waals surface area contributed by atoms with Crippen LogP contribution in [0.15, 0.2) is 54.7 Å². The summed E-state index contributed by atoms with van der Waals surface area (Å²) in [5, 5.41) is 10.3. The fraction of sp³-hybridized carbons (Fsp3) is 0.240. The third-order valence-corrected chi connectivity index (χ3v) is 6.23. The van der Waals surface area contributed by atoms with Crippen molar-refractivity contribution in [2.24, 2.45) is 0 Å². The Hall–Kier alpha value is -4.06. The number of fused-ring (bicyclic) bond motifs is 1. The molecule has 37 heavy (non-hydrogen) atoms. The minimum atomic E-state index is -4.45. The number of alkyl halides is 3. The highest BCUT2D eigenvalue weighted by Crippen LogP contribution is 2.32. The van der Waals surface area contributed by atoms with Crippen LogP contribution in [0.3, 0.4) is 0 Å². The molecule has 1 amide bonds. The number of hydrogen-bond acceptors (Lipinski definition) is 5. The van der Waals surface area contributed by atoms with Crippen LogP contribution in [0.2, 0.25) is 0 Å². The van der Waals surface area contributed by atoms with E-state index in [4.69, 9.17) is 0 Å². The van der Waals surface area contributed by atoms with E-state index in [1.807, 2.05) is 4.90 Å². The van der Waals surface area contributed by atoms with Crippen LogP contribution in [-0.2, 0) is 11.0 Å². The van der Waals surface area contributed by atoms with Gasteiger partial charge in [0.2, 0.25) is 0 Å². The van der Waals surface area contributed by atoms with Crippen molar-refractivity contribution in [2.75, 3.05) is 31.1 Å². The number of imidazole rings is 1. The van der Waals surface area contributed by atoms with Crippen molar-refractivity contribution in [3.8, 4) is 11.4 Å². The number of anilines is 1. The molecule has 0 aliphatic carbocycles. The van der Waals surface area contributed by atoms with E-state index in [0.29, 0.717) is 35.8 Å². The number of carbonyl (C=O) groups excluding carboxylic acids is 1. The van der Waals surface area contributed by atoms with E-state index in [2.05, 4.69) is 15.0 Å². The molecule has 2 aromatic heterocycles. The van der Waals surface area contributed by atoms with E-state index in [-0.39, 0.29) is 18.6 Å². The third kappa shape index (κ3) is 4.96. The van der Waals surface area contributed by atoms with Gasteiger partial charge in [0.25, 0.3) is 5.91 Å². The lowest BCUT2D eigenvalue weighted by Gasteiger charge is -2.36. The summed E-state index contributed by atoms with van der Waals surface area (Å²) in [6, 6.07) is 9.33. The molecule has 2 N–H and O–H groups in total. The van der Waals surface area contributed by atoms with Gasteiger partial charge in [-0.05, 0) is 48.5 Å². The Morgan fingerprint density at radius 3 is 2.43 bits per heavy atom. The molecule has 5 rings (SSSR count). The van der Waals surface area contributed by atoms with E-state index in [0.717, 1.165) is 30.3 Å². The summed E-state index contributed by atoms with van der Waals surface area (Å²) in [4.78, 5) is 27.6. The SMILES string of the molecule is O=C(C(O)c1cc(F)ccc1F)N1CCN(c2ccc(-c3nc4ccc(C(F)(F)F)cc4[nH]3)cn2)CC1. The molecule has 2 aromatic carbocycles. The summed E-state index contributed by atoms with van der Waals surface area (Å²) in [6.07, 6.45) is -4.72. The molecule has 0 bridgehead atoms. The minimum absolute atomic E-state index is 0.237. The zero-order chi connectivity index (χ0) is 26.3. The number of amides is 1. The van der Waals surface area contributed by atoms with Crippen LogP contribution in [0, 0.1) is 11.6 Å². The Balaban J connectivity index is 1.24. The number of aromatic amines is 1.